The molecule has 1 aliphatic rings. The molecule has 0 aliphatic heterocycles. The average Bonchev–Trinajstić information content (AvgIpc) is 3.33. The van der Waals surface area contributed by atoms with Crippen LogP contribution in [-0.4, -0.2) is 11.8 Å². The first-order valence-electron chi connectivity index (χ1n) is 8.18. The predicted molar refractivity (Wildman–Crippen MR) is 105 cm³/mol. The highest BCUT2D eigenvalue weighted by atomic mass is 79.9. The number of furan rings is 1. The third kappa shape index (κ3) is 3.32. The Labute approximate surface area is 162 Å². The van der Waals surface area contributed by atoms with Gasteiger partial charge in [0.25, 0.3) is 11.8 Å². The van der Waals surface area contributed by atoms with Crippen LogP contribution < -0.4 is 10.6 Å². The van der Waals surface area contributed by atoms with Gasteiger partial charge in [0.05, 0.1) is 11.8 Å². The molecule has 0 bridgehead atoms. The molecule has 0 spiro atoms. The van der Waals surface area contributed by atoms with Gasteiger partial charge in [-0.1, -0.05) is 15.9 Å². The van der Waals surface area contributed by atoms with Crippen molar-refractivity contribution in [3.05, 3.63) is 68.9 Å². The molecule has 0 radical (unpaired) electrons. The molecule has 4 rings (SSSR count). The molecule has 2 N–H and O–H groups in total. The maximum Gasteiger partial charge on any atom is 0.291 e. The van der Waals surface area contributed by atoms with E-state index in [0.29, 0.717) is 16.3 Å². The van der Waals surface area contributed by atoms with Gasteiger partial charge in [-0.2, -0.15) is 0 Å². The molecule has 2 aromatic heterocycles. The smallest absolute Gasteiger partial charge is 0.291 e. The van der Waals surface area contributed by atoms with E-state index in [9.17, 15) is 9.59 Å². The van der Waals surface area contributed by atoms with Crippen LogP contribution in [0.5, 0.6) is 0 Å². The van der Waals surface area contributed by atoms with E-state index in [4.69, 9.17) is 4.42 Å². The lowest BCUT2D eigenvalue weighted by molar-refractivity contribution is 0.0997. The summed E-state index contributed by atoms with van der Waals surface area (Å²) >= 11 is 4.85. The van der Waals surface area contributed by atoms with E-state index in [-0.39, 0.29) is 17.6 Å². The zero-order valence-electron chi connectivity index (χ0n) is 13.7. The van der Waals surface area contributed by atoms with Gasteiger partial charge in [-0.15, -0.1) is 11.3 Å². The third-order valence-electron chi connectivity index (χ3n) is 4.22. The summed E-state index contributed by atoms with van der Waals surface area (Å²) in [5, 5.41) is 6.33. The fourth-order valence-corrected chi connectivity index (χ4v) is 4.58. The van der Waals surface area contributed by atoms with Gasteiger partial charge in [-0.25, -0.2) is 0 Å². The highest BCUT2D eigenvalue weighted by molar-refractivity contribution is 9.10. The second-order valence-electron chi connectivity index (χ2n) is 5.95. The second-order valence-corrected chi connectivity index (χ2v) is 7.97. The Morgan fingerprint density at radius 1 is 1.04 bits per heavy atom. The fraction of sp³-hybridized carbons (Fsp3) is 0.158. The van der Waals surface area contributed by atoms with Crippen LogP contribution in [0.1, 0.15) is 37.8 Å². The number of fused-ring (bicyclic) bond motifs is 1. The molecule has 1 aliphatic carbocycles. The molecule has 7 heteroatoms. The molecule has 0 atom stereocenters. The molecule has 0 saturated heterocycles. The number of carbonyl (C=O) groups excluding carboxylic acids is 2. The molecular weight excluding hydrogens is 416 g/mol. The number of carbonyl (C=O) groups is 2. The molecule has 0 fully saturated rings. The van der Waals surface area contributed by atoms with Gasteiger partial charge in [-0.05, 0) is 61.2 Å². The van der Waals surface area contributed by atoms with E-state index >= 15 is 0 Å². The van der Waals surface area contributed by atoms with E-state index in [2.05, 4.69) is 26.6 Å². The number of benzene rings is 1. The number of halogens is 1. The minimum atomic E-state index is -0.354. The van der Waals surface area contributed by atoms with Crippen LogP contribution in [0.4, 0.5) is 10.7 Å². The van der Waals surface area contributed by atoms with Gasteiger partial charge in [0.15, 0.2) is 5.76 Å². The van der Waals surface area contributed by atoms with Crippen molar-refractivity contribution in [2.45, 2.75) is 19.3 Å². The van der Waals surface area contributed by atoms with Crippen molar-refractivity contribution in [3.8, 4) is 0 Å². The first-order chi connectivity index (χ1) is 12.6. The summed E-state index contributed by atoms with van der Waals surface area (Å²) in [5.74, 6) is -0.341. The summed E-state index contributed by atoms with van der Waals surface area (Å²) in [6.07, 6.45) is 4.28. The minimum Gasteiger partial charge on any atom is -0.459 e. The molecule has 2 amide bonds. The number of rotatable bonds is 4. The van der Waals surface area contributed by atoms with Gasteiger partial charge < -0.3 is 15.1 Å². The zero-order valence-corrected chi connectivity index (χ0v) is 16.1. The average molecular weight is 431 g/mol. The minimum absolute atomic E-state index is 0.207. The largest absolute Gasteiger partial charge is 0.459 e. The Kier molecular flexibility index (Phi) is 4.65. The number of aryl methyl sites for hydroxylation is 1. The Hall–Kier alpha value is -2.38. The maximum absolute atomic E-state index is 12.9. The highest BCUT2D eigenvalue weighted by Crippen LogP contribution is 2.39. The van der Waals surface area contributed by atoms with Crippen LogP contribution in [0.15, 0.2) is 51.6 Å². The number of nitrogens with one attached hydrogen (secondary N) is 2. The number of amides is 2. The molecule has 0 unspecified atom stereocenters. The van der Waals surface area contributed by atoms with Gasteiger partial charge in [0.1, 0.15) is 5.00 Å². The van der Waals surface area contributed by atoms with Crippen LogP contribution in [-0.2, 0) is 12.8 Å². The molecule has 1 aromatic carbocycles. The van der Waals surface area contributed by atoms with Crippen LogP contribution in [0, 0.1) is 0 Å². The lowest BCUT2D eigenvalue weighted by Crippen LogP contribution is -2.17. The summed E-state index contributed by atoms with van der Waals surface area (Å²) in [5.41, 5.74) is 2.31. The van der Waals surface area contributed by atoms with Gasteiger partial charge in [-0.3, -0.25) is 9.59 Å². The van der Waals surface area contributed by atoms with Crippen LogP contribution in [0.3, 0.4) is 0 Å². The standard InChI is InChI=1S/C19H15BrN2O3S/c20-11-6-8-12(9-7-11)21-18(24)16-13-3-1-5-15(13)26-19(16)22-17(23)14-4-2-10-25-14/h2,4,6-10H,1,3,5H2,(H,21,24)(H,22,23). The monoisotopic (exact) mass is 430 g/mol. The molecule has 2 heterocycles. The van der Waals surface area contributed by atoms with E-state index in [1.807, 2.05) is 24.3 Å². The van der Waals surface area contributed by atoms with E-state index < -0.39 is 0 Å². The van der Waals surface area contributed by atoms with Crippen LogP contribution >= 0.6 is 27.3 Å². The Morgan fingerprint density at radius 2 is 1.85 bits per heavy atom. The van der Waals surface area contributed by atoms with Gasteiger partial charge in [0.2, 0.25) is 0 Å². The van der Waals surface area contributed by atoms with E-state index in [1.165, 1.54) is 22.5 Å². The molecule has 0 saturated carbocycles. The van der Waals surface area contributed by atoms with Gasteiger partial charge in [0, 0.05) is 15.0 Å². The van der Waals surface area contributed by atoms with Crippen molar-refractivity contribution in [3.63, 3.8) is 0 Å². The van der Waals surface area contributed by atoms with Crippen molar-refractivity contribution in [2.24, 2.45) is 0 Å². The van der Waals surface area contributed by atoms with Crippen molar-refractivity contribution >= 4 is 49.8 Å². The summed E-state index contributed by atoms with van der Waals surface area (Å²) in [6, 6.07) is 10.6. The highest BCUT2D eigenvalue weighted by Gasteiger charge is 2.28. The molecule has 3 aromatic rings. The summed E-state index contributed by atoms with van der Waals surface area (Å²) < 4.78 is 6.08. The van der Waals surface area contributed by atoms with Gasteiger partial charge >= 0.3 is 0 Å². The normalized spacial score (nSPS) is 12.7. The quantitative estimate of drug-likeness (QED) is 0.604. The SMILES string of the molecule is O=C(Nc1sc2c(c1C(=O)Nc1ccc(Br)cc1)CCC2)c1ccco1. The maximum atomic E-state index is 12.9. The number of anilines is 2. The van der Waals surface area contributed by atoms with Crippen LogP contribution in [0.2, 0.25) is 0 Å². The van der Waals surface area contributed by atoms with Crippen molar-refractivity contribution in [1.29, 1.82) is 0 Å². The van der Waals surface area contributed by atoms with Crippen molar-refractivity contribution in [1.82, 2.24) is 0 Å². The van der Waals surface area contributed by atoms with Crippen LogP contribution in [0.25, 0.3) is 0 Å². The lowest BCUT2D eigenvalue weighted by Gasteiger charge is -2.09. The molecule has 5 nitrogen and oxygen atoms in total. The second kappa shape index (κ2) is 7.09. The number of hydrogen-bond donors (Lipinski definition) is 2. The Balaban J connectivity index is 1.62. The topological polar surface area (TPSA) is 71.3 Å². The third-order valence-corrected chi connectivity index (χ3v) is 5.96. The molecular formula is C19H15BrN2O3S. The molecule has 132 valence electrons. The fourth-order valence-electron chi connectivity index (χ4n) is 3.03. The molecule has 26 heavy (non-hydrogen) atoms. The Morgan fingerprint density at radius 3 is 2.58 bits per heavy atom. The number of thiophene rings is 1. The van der Waals surface area contributed by atoms with E-state index in [1.54, 1.807) is 12.1 Å². The predicted octanol–water partition coefficient (Wildman–Crippen LogP) is 5.10. The first kappa shape index (κ1) is 17.1. The van der Waals surface area contributed by atoms with Crippen molar-refractivity contribution < 1.29 is 14.0 Å². The lowest BCUT2D eigenvalue weighted by atomic mass is 10.1. The summed E-state index contributed by atoms with van der Waals surface area (Å²) in [4.78, 5) is 26.4. The number of hydrogen-bond acceptors (Lipinski definition) is 4. The van der Waals surface area contributed by atoms with E-state index in [0.717, 1.165) is 29.3 Å². The Bertz CT molecular complexity index is 962. The van der Waals surface area contributed by atoms with Crippen molar-refractivity contribution in [2.75, 3.05) is 10.6 Å². The zero-order chi connectivity index (χ0) is 18.1. The first-order valence-corrected chi connectivity index (χ1v) is 9.79. The summed E-state index contributed by atoms with van der Waals surface area (Å²) in [6.45, 7) is 0. The summed E-state index contributed by atoms with van der Waals surface area (Å²) in [7, 11) is 0.